The minimum atomic E-state index is -0.103. The van der Waals surface area contributed by atoms with Crippen molar-refractivity contribution < 1.29 is 4.52 Å². The van der Waals surface area contributed by atoms with E-state index in [9.17, 15) is 4.79 Å². The van der Waals surface area contributed by atoms with Crippen molar-refractivity contribution in [2.45, 2.75) is 38.8 Å². The molecule has 0 aromatic carbocycles. The molecule has 1 aliphatic heterocycles. The zero-order chi connectivity index (χ0) is 16.5. The average molecular weight is 328 g/mol. The van der Waals surface area contributed by atoms with Crippen LogP contribution in [0.25, 0.3) is 5.65 Å². The number of hydrogen-bond acceptors (Lipinski definition) is 6. The molecular formula is C16H20N6O2. The Morgan fingerprint density at radius 3 is 3.04 bits per heavy atom. The van der Waals surface area contributed by atoms with Crippen LogP contribution in [0.2, 0.25) is 0 Å². The molecule has 1 aliphatic rings. The summed E-state index contributed by atoms with van der Waals surface area (Å²) in [7, 11) is 0. The van der Waals surface area contributed by atoms with Crippen LogP contribution in [0.1, 0.15) is 37.5 Å². The monoisotopic (exact) mass is 328 g/mol. The number of fused-ring (bicyclic) bond motifs is 1. The van der Waals surface area contributed by atoms with Crippen LogP contribution in [0.5, 0.6) is 0 Å². The Labute approximate surface area is 138 Å². The lowest BCUT2D eigenvalue weighted by Gasteiger charge is -2.21. The number of hydrogen-bond donors (Lipinski definition) is 0. The van der Waals surface area contributed by atoms with Crippen LogP contribution in [0, 0.1) is 0 Å². The second kappa shape index (κ2) is 6.20. The van der Waals surface area contributed by atoms with E-state index < -0.39 is 0 Å². The van der Waals surface area contributed by atoms with Gasteiger partial charge in [0.05, 0.1) is 12.6 Å². The summed E-state index contributed by atoms with van der Waals surface area (Å²) in [6.45, 7) is 4.27. The molecule has 8 heteroatoms. The fourth-order valence-corrected chi connectivity index (χ4v) is 3.27. The summed E-state index contributed by atoms with van der Waals surface area (Å²) in [4.78, 5) is 19.1. The van der Waals surface area contributed by atoms with Gasteiger partial charge in [-0.3, -0.25) is 9.30 Å². The number of nitrogens with zero attached hydrogens (tertiary/aromatic N) is 6. The molecule has 0 aliphatic carbocycles. The molecule has 0 N–H and O–H groups in total. The lowest BCUT2D eigenvalue weighted by atomic mass is 10.2. The Kier molecular flexibility index (Phi) is 3.89. The van der Waals surface area contributed by atoms with Gasteiger partial charge in [0, 0.05) is 19.2 Å². The molecular weight excluding hydrogens is 308 g/mol. The third-order valence-electron chi connectivity index (χ3n) is 4.54. The predicted molar refractivity (Wildman–Crippen MR) is 86.7 cm³/mol. The highest BCUT2D eigenvalue weighted by atomic mass is 16.5. The first-order valence-electron chi connectivity index (χ1n) is 8.37. The lowest BCUT2D eigenvalue weighted by molar-refractivity contribution is 0.229. The average Bonchev–Trinajstić information content (AvgIpc) is 3.31. The van der Waals surface area contributed by atoms with Gasteiger partial charge < -0.3 is 4.52 Å². The van der Waals surface area contributed by atoms with Crippen LogP contribution in [0.3, 0.4) is 0 Å². The smallest absolute Gasteiger partial charge is 0.339 e. The van der Waals surface area contributed by atoms with E-state index in [2.05, 4.69) is 20.1 Å². The number of likely N-dealkylation sites (tertiary alicyclic amines) is 1. The van der Waals surface area contributed by atoms with Crippen molar-refractivity contribution in [1.82, 2.24) is 29.2 Å². The molecule has 3 aromatic rings. The van der Waals surface area contributed by atoms with Gasteiger partial charge in [-0.2, -0.15) is 4.98 Å². The first kappa shape index (κ1) is 15.1. The van der Waals surface area contributed by atoms with Crippen molar-refractivity contribution >= 4 is 5.65 Å². The molecule has 1 fully saturated rings. The van der Waals surface area contributed by atoms with E-state index in [0.717, 1.165) is 38.2 Å². The van der Waals surface area contributed by atoms with Crippen LogP contribution in [0.4, 0.5) is 0 Å². The number of aromatic nitrogens is 5. The highest BCUT2D eigenvalue weighted by molar-refractivity contribution is 5.35. The highest BCUT2D eigenvalue weighted by Gasteiger charge is 2.29. The quantitative estimate of drug-likeness (QED) is 0.702. The van der Waals surface area contributed by atoms with Gasteiger partial charge in [0.25, 0.3) is 0 Å². The topological polar surface area (TPSA) is 81.5 Å². The molecule has 4 rings (SSSR count). The van der Waals surface area contributed by atoms with Crippen LogP contribution in [-0.4, -0.2) is 42.3 Å². The second-order valence-corrected chi connectivity index (χ2v) is 6.03. The van der Waals surface area contributed by atoms with Crippen LogP contribution >= 0.6 is 0 Å². The predicted octanol–water partition coefficient (Wildman–Crippen LogP) is 1.28. The summed E-state index contributed by atoms with van der Waals surface area (Å²) in [6, 6.07) is 5.71. The molecule has 0 unspecified atom stereocenters. The standard InChI is InChI=1S/C16H20N6O2/c1-2-14-17-15(19-24-14)12-6-5-8-20(12)10-11-22-16(23)21-9-4-3-7-13(21)18-22/h3-4,7,9,12H,2,5-6,8,10-11H2,1H3/t12-/m0/s1. The van der Waals surface area contributed by atoms with Gasteiger partial charge in [-0.05, 0) is 31.5 Å². The molecule has 0 bridgehead atoms. The molecule has 1 saturated heterocycles. The van der Waals surface area contributed by atoms with Gasteiger partial charge in [-0.1, -0.05) is 18.1 Å². The molecule has 0 amide bonds. The van der Waals surface area contributed by atoms with Crippen molar-refractivity contribution in [1.29, 1.82) is 0 Å². The van der Waals surface area contributed by atoms with E-state index in [1.807, 2.05) is 25.1 Å². The molecule has 0 saturated carbocycles. The Balaban J connectivity index is 1.49. The number of pyridine rings is 1. The van der Waals surface area contributed by atoms with Gasteiger partial charge >= 0.3 is 5.69 Å². The first-order chi connectivity index (χ1) is 11.8. The maximum absolute atomic E-state index is 12.3. The van der Waals surface area contributed by atoms with E-state index in [0.29, 0.717) is 18.1 Å². The Hall–Kier alpha value is -2.48. The molecule has 126 valence electrons. The van der Waals surface area contributed by atoms with E-state index >= 15 is 0 Å². The van der Waals surface area contributed by atoms with Gasteiger partial charge in [0.15, 0.2) is 11.5 Å². The molecule has 24 heavy (non-hydrogen) atoms. The molecule has 0 radical (unpaired) electrons. The summed E-state index contributed by atoms with van der Waals surface area (Å²) in [5.41, 5.74) is 0.570. The Bertz CT molecular complexity index is 895. The highest BCUT2D eigenvalue weighted by Crippen LogP contribution is 2.29. The van der Waals surface area contributed by atoms with Crippen LogP contribution in [-0.2, 0) is 13.0 Å². The first-order valence-corrected chi connectivity index (χ1v) is 8.37. The van der Waals surface area contributed by atoms with Crippen molar-refractivity contribution in [3.05, 3.63) is 46.6 Å². The fraction of sp³-hybridized carbons (Fsp3) is 0.500. The zero-order valence-electron chi connectivity index (χ0n) is 13.6. The van der Waals surface area contributed by atoms with Crippen molar-refractivity contribution in [3.63, 3.8) is 0 Å². The summed E-state index contributed by atoms with van der Waals surface area (Å²) < 4.78 is 8.33. The molecule has 0 spiro atoms. The van der Waals surface area contributed by atoms with Gasteiger partial charge in [-0.15, -0.1) is 5.10 Å². The summed E-state index contributed by atoms with van der Waals surface area (Å²) >= 11 is 0. The van der Waals surface area contributed by atoms with Crippen LogP contribution < -0.4 is 5.69 Å². The van der Waals surface area contributed by atoms with Gasteiger partial charge in [0.1, 0.15) is 0 Å². The number of rotatable bonds is 5. The maximum atomic E-state index is 12.3. The molecule has 4 heterocycles. The van der Waals surface area contributed by atoms with E-state index in [-0.39, 0.29) is 11.7 Å². The van der Waals surface area contributed by atoms with Crippen molar-refractivity contribution in [3.8, 4) is 0 Å². The zero-order valence-corrected chi connectivity index (χ0v) is 13.6. The normalized spacial score (nSPS) is 18.6. The summed E-state index contributed by atoms with van der Waals surface area (Å²) in [5.74, 6) is 1.43. The molecule has 3 aromatic heterocycles. The fourth-order valence-electron chi connectivity index (χ4n) is 3.27. The molecule has 8 nitrogen and oxygen atoms in total. The Morgan fingerprint density at radius 2 is 2.25 bits per heavy atom. The third-order valence-corrected chi connectivity index (χ3v) is 4.54. The van der Waals surface area contributed by atoms with Gasteiger partial charge in [-0.25, -0.2) is 9.48 Å². The summed E-state index contributed by atoms with van der Waals surface area (Å²) in [5, 5.41) is 8.49. The SMILES string of the molecule is CCc1nc([C@@H]2CCCN2CCn2nc3ccccn3c2=O)no1. The lowest BCUT2D eigenvalue weighted by Crippen LogP contribution is -2.31. The Morgan fingerprint density at radius 1 is 1.33 bits per heavy atom. The van der Waals surface area contributed by atoms with Crippen molar-refractivity contribution in [2.75, 3.05) is 13.1 Å². The third kappa shape index (κ3) is 2.62. The number of aryl methyl sites for hydroxylation is 1. The van der Waals surface area contributed by atoms with Crippen molar-refractivity contribution in [2.24, 2.45) is 0 Å². The maximum Gasteiger partial charge on any atom is 0.350 e. The van der Waals surface area contributed by atoms with Gasteiger partial charge in [0.2, 0.25) is 5.89 Å². The largest absolute Gasteiger partial charge is 0.350 e. The molecule has 1 atom stereocenters. The van der Waals surface area contributed by atoms with E-state index in [4.69, 9.17) is 4.52 Å². The summed E-state index contributed by atoms with van der Waals surface area (Å²) in [6.07, 6.45) is 4.60. The second-order valence-electron chi connectivity index (χ2n) is 6.03. The van der Waals surface area contributed by atoms with E-state index in [1.165, 1.54) is 4.68 Å². The minimum Gasteiger partial charge on any atom is -0.339 e. The minimum absolute atomic E-state index is 0.103. The van der Waals surface area contributed by atoms with Crippen LogP contribution in [0.15, 0.2) is 33.7 Å². The van der Waals surface area contributed by atoms with E-state index in [1.54, 1.807) is 10.6 Å².